The molecule has 0 saturated carbocycles. The number of halogens is 1. The van der Waals surface area contributed by atoms with Gasteiger partial charge in [-0.1, -0.05) is 44.5 Å². The Bertz CT molecular complexity index is 1420. The first kappa shape index (κ1) is 25.0. The summed E-state index contributed by atoms with van der Waals surface area (Å²) < 4.78 is 34.0. The minimum Gasteiger partial charge on any atom is -0.495 e. The van der Waals surface area contributed by atoms with E-state index in [9.17, 15) is 18.3 Å². The van der Waals surface area contributed by atoms with Crippen molar-refractivity contribution >= 4 is 39.0 Å². The fourth-order valence-electron chi connectivity index (χ4n) is 3.98. The Morgan fingerprint density at radius 3 is 2.31 bits per heavy atom. The minimum atomic E-state index is -4.01. The molecule has 2 heterocycles. The summed E-state index contributed by atoms with van der Waals surface area (Å²) in [5.41, 5.74) is 1.51. The molecule has 8 nitrogen and oxygen atoms in total. The van der Waals surface area contributed by atoms with Gasteiger partial charge in [-0.05, 0) is 54.3 Å². The Hall–Kier alpha value is -3.14. The van der Waals surface area contributed by atoms with E-state index in [-0.39, 0.29) is 38.0 Å². The molecule has 1 aromatic heterocycles. The summed E-state index contributed by atoms with van der Waals surface area (Å²) >= 11 is 6.31. The zero-order chi connectivity index (χ0) is 25.7. The van der Waals surface area contributed by atoms with Crippen LogP contribution in [0, 0.1) is 6.92 Å². The van der Waals surface area contributed by atoms with Gasteiger partial charge in [0, 0.05) is 5.56 Å². The average molecular weight is 516 g/mol. The third-order valence-electron chi connectivity index (χ3n) is 5.89. The molecule has 0 radical (unpaired) electrons. The minimum absolute atomic E-state index is 0.0118. The van der Waals surface area contributed by atoms with Crippen LogP contribution in [-0.4, -0.2) is 31.5 Å². The van der Waals surface area contributed by atoms with Crippen LogP contribution in [-0.2, 0) is 15.4 Å². The van der Waals surface area contributed by atoms with Gasteiger partial charge in [-0.3, -0.25) is 14.4 Å². The van der Waals surface area contributed by atoms with Crippen molar-refractivity contribution in [3.8, 4) is 5.75 Å². The molecule has 1 aliphatic heterocycles. The third-order valence-corrected chi connectivity index (χ3v) is 7.59. The molecule has 0 saturated heterocycles. The predicted molar refractivity (Wildman–Crippen MR) is 135 cm³/mol. The van der Waals surface area contributed by atoms with Crippen molar-refractivity contribution in [2.45, 2.75) is 44.2 Å². The van der Waals surface area contributed by atoms with Crippen LogP contribution in [0.3, 0.4) is 0 Å². The van der Waals surface area contributed by atoms with E-state index in [0.29, 0.717) is 11.4 Å². The number of aryl methyl sites for hydroxylation is 1. The number of hydrogen-bond acceptors (Lipinski definition) is 6. The first-order valence-electron chi connectivity index (χ1n) is 10.8. The number of rotatable bonds is 5. The maximum atomic E-state index is 13.2. The lowest BCUT2D eigenvalue weighted by atomic mass is 9.87. The van der Waals surface area contributed by atoms with Crippen LogP contribution in [0.1, 0.15) is 54.2 Å². The van der Waals surface area contributed by atoms with Gasteiger partial charge in [0.2, 0.25) is 0 Å². The van der Waals surface area contributed by atoms with Gasteiger partial charge in [-0.15, -0.1) is 0 Å². The summed E-state index contributed by atoms with van der Waals surface area (Å²) in [4.78, 5) is 18.7. The normalized spacial score (nSPS) is 15.8. The first-order chi connectivity index (χ1) is 16.3. The summed E-state index contributed by atoms with van der Waals surface area (Å²) in [7, 11) is -2.51. The van der Waals surface area contributed by atoms with Gasteiger partial charge < -0.3 is 9.84 Å². The van der Waals surface area contributed by atoms with Gasteiger partial charge in [-0.25, -0.2) is 13.4 Å². The van der Waals surface area contributed by atoms with E-state index in [4.69, 9.17) is 16.3 Å². The number of aliphatic hydroxyl groups is 1. The molecule has 3 aromatic rings. The van der Waals surface area contributed by atoms with Crippen molar-refractivity contribution in [2.24, 2.45) is 0 Å². The number of benzene rings is 2. The lowest BCUT2D eigenvalue weighted by molar-refractivity contribution is 0.0934. The molecule has 35 heavy (non-hydrogen) atoms. The van der Waals surface area contributed by atoms with Gasteiger partial charge in [-0.2, -0.15) is 0 Å². The number of methoxy groups -OCH3 is 1. The van der Waals surface area contributed by atoms with Crippen LogP contribution in [0.5, 0.6) is 5.75 Å². The largest absolute Gasteiger partial charge is 0.495 e. The van der Waals surface area contributed by atoms with Crippen LogP contribution in [0.15, 0.2) is 53.4 Å². The Morgan fingerprint density at radius 2 is 1.74 bits per heavy atom. The summed E-state index contributed by atoms with van der Waals surface area (Å²) in [5.74, 6) is 0.112. The maximum Gasteiger partial charge on any atom is 0.263 e. The molecule has 4 rings (SSSR count). The van der Waals surface area contributed by atoms with E-state index < -0.39 is 22.2 Å². The van der Waals surface area contributed by atoms with E-state index in [1.807, 2.05) is 20.8 Å². The SMILES string of the molecule is COc1ccc(N2C(=O)c3c(Cl)ccc(NS(=O)(=O)c4ccc(C(C)(C)C)cc4)c3C2O)nc1C. The molecule has 184 valence electrons. The molecule has 2 aromatic carbocycles. The molecule has 0 fully saturated rings. The number of pyridine rings is 1. The number of amides is 1. The zero-order valence-electron chi connectivity index (χ0n) is 20.0. The van der Waals surface area contributed by atoms with Gasteiger partial charge in [0.25, 0.3) is 15.9 Å². The number of carbonyl (C=O) groups excluding carboxylic acids is 1. The number of fused-ring (bicyclic) bond motifs is 1. The number of anilines is 2. The average Bonchev–Trinajstić information content (AvgIpc) is 3.06. The van der Waals surface area contributed by atoms with Crippen molar-refractivity contribution in [3.63, 3.8) is 0 Å². The summed E-state index contributed by atoms with van der Waals surface area (Å²) in [6, 6.07) is 12.6. The Morgan fingerprint density at radius 1 is 1.09 bits per heavy atom. The lowest BCUT2D eigenvalue weighted by Gasteiger charge is -2.22. The number of ether oxygens (including phenoxy) is 1. The monoisotopic (exact) mass is 515 g/mol. The van der Waals surface area contributed by atoms with Crippen LogP contribution in [0.4, 0.5) is 11.5 Å². The van der Waals surface area contributed by atoms with Crippen molar-refractivity contribution < 1.29 is 23.1 Å². The van der Waals surface area contributed by atoms with Gasteiger partial charge in [0.1, 0.15) is 11.6 Å². The highest BCUT2D eigenvalue weighted by Gasteiger charge is 2.41. The van der Waals surface area contributed by atoms with Gasteiger partial charge in [0.05, 0.1) is 34.0 Å². The first-order valence-corrected chi connectivity index (χ1v) is 12.7. The topological polar surface area (TPSA) is 109 Å². The fraction of sp³-hybridized carbons (Fsp3) is 0.280. The van der Waals surface area contributed by atoms with Crippen molar-refractivity contribution in [1.82, 2.24) is 4.98 Å². The van der Waals surface area contributed by atoms with Crippen molar-refractivity contribution in [3.05, 3.63) is 75.9 Å². The lowest BCUT2D eigenvalue weighted by Crippen LogP contribution is -2.28. The molecule has 10 heteroatoms. The Balaban J connectivity index is 1.72. The van der Waals surface area contributed by atoms with Crippen molar-refractivity contribution in [1.29, 1.82) is 0 Å². The molecule has 0 aliphatic carbocycles. The fourth-order valence-corrected chi connectivity index (χ4v) is 5.31. The highest BCUT2D eigenvalue weighted by Crippen LogP contribution is 2.43. The van der Waals surface area contributed by atoms with E-state index >= 15 is 0 Å². The molecule has 1 amide bonds. The van der Waals surface area contributed by atoms with E-state index in [1.165, 1.54) is 37.4 Å². The predicted octanol–water partition coefficient (Wildman–Crippen LogP) is 4.80. The Labute approximate surface area is 209 Å². The molecule has 2 N–H and O–H groups in total. The number of nitrogens with one attached hydrogen (secondary N) is 1. The van der Waals surface area contributed by atoms with Gasteiger partial charge >= 0.3 is 0 Å². The highest BCUT2D eigenvalue weighted by molar-refractivity contribution is 7.92. The second-order valence-electron chi connectivity index (χ2n) is 9.27. The van der Waals surface area contributed by atoms with Crippen LogP contribution < -0.4 is 14.4 Å². The number of sulfonamides is 1. The summed E-state index contributed by atoms with van der Waals surface area (Å²) in [6.45, 7) is 7.82. The molecule has 1 atom stereocenters. The summed E-state index contributed by atoms with van der Waals surface area (Å²) in [6.07, 6.45) is -1.50. The van der Waals surface area contributed by atoms with Crippen LogP contribution in [0.25, 0.3) is 0 Å². The van der Waals surface area contributed by atoms with Crippen LogP contribution >= 0.6 is 11.6 Å². The van der Waals surface area contributed by atoms with E-state index in [2.05, 4.69) is 9.71 Å². The van der Waals surface area contributed by atoms with Crippen molar-refractivity contribution in [2.75, 3.05) is 16.7 Å². The molecular weight excluding hydrogens is 490 g/mol. The second-order valence-corrected chi connectivity index (χ2v) is 11.4. The highest BCUT2D eigenvalue weighted by atomic mass is 35.5. The molecule has 1 aliphatic rings. The number of hydrogen-bond donors (Lipinski definition) is 2. The number of aliphatic hydroxyl groups excluding tert-OH is 1. The number of aromatic nitrogens is 1. The standard InChI is InChI=1S/C25H26ClN3O5S/c1-14-19(34-5)12-13-20(27-14)29-23(30)21-17(26)10-11-18(22(21)24(29)31)28-35(32,33)16-8-6-15(7-9-16)25(2,3)4/h6-13,24,28,31H,1-5H3. The van der Waals surface area contributed by atoms with Crippen LogP contribution in [0.2, 0.25) is 5.02 Å². The molecule has 0 spiro atoms. The smallest absolute Gasteiger partial charge is 0.263 e. The Kier molecular flexibility index (Phi) is 6.29. The zero-order valence-corrected chi connectivity index (χ0v) is 21.5. The van der Waals surface area contributed by atoms with E-state index in [1.54, 1.807) is 25.1 Å². The third kappa shape index (κ3) is 4.47. The number of nitrogens with zero attached hydrogens (tertiary/aromatic N) is 2. The quantitative estimate of drug-likeness (QED) is 0.505. The molecule has 1 unspecified atom stereocenters. The second kappa shape index (κ2) is 8.82. The van der Waals surface area contributed by atoms with E-state index in [0.717, 1.165) is 10.5 Å². The number of carbonyl (C=O) groups is 1. The maximum absolute atomic E-state index is 13.2. The molecule has 0 bridgehead atoms. The summed E-state index contributed by atoms with van der Waals surface area (Å²) in [5, 5.41) is 11.2. The van der Waals surface area contributed by atoms with Gasteiger partial charge in [0.15, 0.2) is 6.23 Å². The molecular formula is C25H26ClN3O5S.